The van der Waals surface area contributed by atoms with E-state index in [9.17, 15) is 14.4 Å². The van der Waals surface area contributed by atoms with Crippen molar-refractivity contribution in [3.63, 3.8) is 0 Å². The van der Waals surface area contributed by atoms with Gasteiger partial charge in [0.2, 0.25) is 5.91 Å². The number of esters is 1. The zero-order chi connectivity index (χ0) is 18.1. The summed E-state index contributed by atoms with van der Waals surface area (Å²) in [5, 5.41) is 5.92. The summed E-state index contributed by atoms with van der Waals surface area (Å²) in [7, 11) is 0. The topological polar surface area (TPSA) is 84.5 Å². The van der Waals surface area contributed by atoms with E-state index in [2.05, 4.69) is 10.6 Å². The van der Waals surface area contributed by atoms with E-state index in [1.807, 2.05) is 6.92 Å². The Hall–Kier alpha value is -2.08. The molecule has 0 aliphatic heterocycles. The Morgan fingerprint density at radius 1 is 1.21 bits per heavy atom. The minimum Gasteiger partial charge on any atom is -0.452 e. The number of rotatable bonds is 8. The van der Waals surface area contributed by atoms with Gasteiger partial charge in [-0.3, -0.25) is 14.4 Å². The third-order valence-corrected chi connectivity index (χ3v) is 3.50. The quantitative estimate of drug-likeness (QED) is 0.702. The number of nitrogens with one attached hydrogen (secondary N) is 2. The van der Waals surface area contributed by atoms with Crippen molar-refractivity contribution < 1.29 is 19.1 Å². The van der Waals surface area contributed by atoms with Crippen molar-refractivity contribution in [2.24, 2.45) is 0 Å². The summed E-state index contributed by atoms with van der Waals surface area (Å²) in [6.45, 7) is 5.34. The van der Waals surface area contributed by atoms with E-state index in [1.165, 1.54) is 13.8 Å². The molecule has 0 heterocycles. The molecule has 6 nitrogen and oxygen atoms in total. The second-order valence-corrected chi connectivity index (χ2v) is 5.87. The lowest BCUT2D eigenvalue weighted by atomic mass is 10.0. The fraction of sp³-hybridized carbons (Fsp3) is 0.471. The molecule has 0 bridgehead atoms. The molecule has 0 aliphatic rings. The average molecular weight is 355 g/mol. The van der Waals surface area contributed by atoms with Crippen LogP contribution >= 0.6 is 11.6 Å². The summed E-state index contributed by atoms with van der Waals surface area (Å²) < 4.78 is 5.14. The zero-order valence-electron chi connectivity index (χ0n) is 14.1. The minimum atomic E-state index is -0.882. The third-order valence-electron chi connectivity index (χ3n) is 3.25. The van der Waals surface area contributed by atoms with Gasteiger partial charge in [-0.2, -0.15) is 0 Å². The zero-order valence-corrected chi connectivity index (χ0v) is 14.9. The molecule has 2 N–H and O–H groups in total. The molecule has 7 heteroatoms. The first-order chi connectivity index (χ1) is 11.3. The highest BCUT2D eigenvalue weighted by Gasteiger charge is 2.22. The Morgan fingerprint density at radius 3 is 2.38 bits per heavy atom. The molecule has 0 radical (unpaired) electrons. The smallest absolute Gasteiger partial charge is 0.309 e. The molecule has 0 saturated heterocycles. The maximum atomic E-state index is 12.1. The standard InChI is InChI=1S/C17H23ClN2O4/c1-4-9-19-17(23)11(2)24-16(22)10-15(20-12(3)21)13-5-7-14(18)8-6-13/h5-8,11,15H,4,9-10H2,1-3H3,(H,19,23)(H,20,21). The number of amides is 2. The Bertz CT molecular complexity index is 574. The molecule has 1 aromatic carbocycles. The fourth-order valence-electron chi connectivity index (χ4n) is 2.05. The molecule has 132 valence electrons. The van der Waals surface area contributed by atoms with E-state index in [0.717, 1.165) is 12.0 Å². The Balaban J connectivity index is 2.69. The normalized spacial score (nSPS) is 12.8. The van der Waals surface area contributed by atoms with E-state index >= 15 is 0 Å². The minimum absolute atomic E-state index is 0.0768. The highest BCUT2D eigenvalue weighted by molar-refractivity contribution is 6.30. The van der Waals surface area contributed by atoms with Gasteiger partial charge in [-0.25, -0.2) is 0 Å². The lowest BCUT2D eigenvalue weighted by Gasteiger charge is -2.19. The molecule has 0 spiro atoms. The maximum absolute atomic E-state index is 12.1. The van der Waals surface area contributed by atoms with Gasteiger partial charge < -0.3 is 15.4 Å². The molecular formula is C17H23ClN2O4. The average Bonchev–Trinajstić information content (AvgIpc) is 2.52. The van der Waals surface area contributed by atoms with Gasteiger partial charge in [0.25, 0.3) is 5.91 Å². The summed E-state index contributed by atoms with van der Waals surface area (Å²) >= 11 is 5.85. The largest absolute Gasteiger partial charge is 0.452 e. The molecule has 1 rings (SSSR count). The third kappa shape index (κ3) is 7.00. The van der Waals surface area contributed by atoms with Crippen LogP contribution in [0.25, 0.3) is 0 Å². The van der Waals surface area contributed by atoms with Gasteiger partial charge >= 0.3 is 5.97 Å². The Morgan fingerprint density at radius 2 is 1.83 bits per heavy atom. The predicted molar refractivity (Wildman–Crippen MR) is 91.5 cm³/mol. The van der Waals surface area contributed by atoms with Gasteiger partial charge in [0.15, 0.2) is 6.10 Å². The van der Waals surface area contributed by atoms with Crippen molar-refractivity contribution in [3.05, 3.63) is 34.9 Å². The number of hydrogen-bond donors (Lipinski definition) is 2. The first-order valence-corrected chi connectivity index (χ1v) is 8.21. The van der Waals surface area contributed by atoms with Crippen LogP contribution in [0.3, 0.4) is 0 Å². The lowest BCUT2D eigenvalue weighted by Crippen LogP contribution is -2.37. The summed E-state index contributed by atoms with van der Waals surface area (Å²) in [6.07, 6.45) is -0.160. The van der Waals surface area contributed by atoms with Crippen LogP contribution < -0.4 is 10.6 Å². The predicted octanol–water partition coefficient (Wildman–Crippen LogP) is 2.37. The Labute approximate surface area is 146 Å². The van der Waals surface area contributed by atoms with Crippen LogP contribution in [0.15, 0.2) is 24.3 Å². The second kappa shape index (κ2) is 9.93. The van der Waals surface area contributed by atoms with Gasteiger partial charge in [-0.1, -0.05) is 30.7 Å². The van der Waals surface area contributed by atoms with E-state index < -0.39 is 18.1 Å². The molecule has 0 fully saturated rings. The maximum Gasteiger partial charge on any atom is 0.309 e. The van der Waals surface area contributed by atoms with Crippen molar-refractivity contribution in [3.8, 4) is 0 Å². The van der Waals surface area contributed by atoms with Crippen molar-refractivity contribution in [2.45, 2.75) is 45.8 Å². The summed E-state index contributed by atoms with van der Waals surface area (Å²) in [4.78, 5) is 35.2. The molecule has 0 aliphatic carbocycles. The van der Waals surface area contributed by atoms with Crippen molar-refractivity contribution in [1.29, 1.82) is 0 Å². The van der Waals surface area contributed by atoms with Crippen LogP contribution in [-0.4, -0.2) is 30.4 Å². The van der Waals surface area contributed by atoms with E-state index in [1.54, 1.807) is 24.3 Å². The van der Waals surface area contributed by atoms with E-state index in [-0.39, 0.29) is 18.2 Å². The molecule has 1 aromatic rings. The van der Waals surface area contributed by atoms with E-state index in [0.29, 0.717) is 11.6 Å². The fourth-order valence-corrected chi connectivity index (χ4v) is 2.18. The van der Waals surface area contributed by atoms with Gasteiger partial charge in [0.05, 0.1) is 12.5 Å². The first kappa shape index (κ1) is 20.0. The van der Waals surface area contributed by atoms with E-state index in [4.69, 9.17) is 16.3 Å². The molecule has 0 saturated carbocycles. The van der Waals surface area contributed by atoms with Gasteiger partial charge in [0, 0.05) is 18.5 Å². The first-order valence-electron chi connectivity index (χ1n) is 7.83. The Kier molecular flexibility index (Phi) is 8.26. The molecule has 24 heavy (non-hydrogen) atoms. The van der Waals surface area contributed by atoms with Crippen LogP contribution in [0, 0.1) is 0 Å². The number of ether oxygens (including phenoxy) is 1. The number of carbonyl (C=O) groups is 3. The summed E-state index contributed by atoms with van der Waals surface area (Å²) in [5.41, 5.74) is 0.731. The summed E-state index contributed by atoms with van der Waals surface area (Å²) in [5.74, 6) is -1.17. The van der Waals surface area contributed by atoms with Crippen molar-refractivity contribution >= 4 is 29.4 Å². The highest BCUT2D eigenvalue weighted by atomic mass is 35.5. The van der Waals surface area contributed by atoms with Crippen LogP contribution in [0.4, 0.5) is 0 Å². The van der Waals surface area contributed by atoms with Gasteiger partial charge in [0.1, 0.15) is 0 Å². The summed E-state index contributed by atoms with van der Waals surface area (Å²) in [6, 6.07) is 6.27. The molecule has 2 unspecified atom stereocenters. The monoisotopic (exact) mass is 354 g/mol. The van der Waals surface area contributed by atoms with Crippen molar-refractivity contribution in [1.82, 2.24) is 10.6 Å². The number of halogens is 1. The number of carbonyl (C=O) groups excluding carboxylic acids is 3. The van der Waals surface area contributed by atoms with Gasteiger partial charge in [-0.05, 0) is 31.0 Å². The SMILES string of the molecule is CCCNC(=O)C(C)OC(=O)CC(NC(C)=O)c1ccc(Cl)cc1. The molecule has 2 atom stereocenters. The van der Waals surface area contributed by atoms with Crippen LogP contribution in [0.2, 0.25) is 5.02 Å². The molecular weight excluding hydrogens is 332 g/mol. The van der Waals surface area contributed by atoms with Crippen LogP contribution in [0.5, 0.6) is 0 Å². The number of benzene rings is 1. The van der Waals surface area contributed by atoms with Crippen LogP contribution in [-0.2, 0) is 19.1 Å². The second-order valence-electron chi connectivity index (χ2n) is 5.43. The number of hydrogen-bond acceptors (Lipinski definition) is 4. The molecule has 0 aromatic heterocycles. The van der Waals surface area contributed by atoms with Crippen molar-refractivity contribution in [2.75, 3.05) is 6.54 Å². The molecule has 2 amide bonds. The highest BCUT2D eigenvalue weighted by Crippen LogP contribution is 2.20. The van der Waals surface area contributed by atoms with Crippen LogP contribution in [0.1, 0.15) is 45.2 Å². The van der Waals surface area contributed by atoms with Gasteiger partial charge in [-0.15, -0.1) is 0 Å². The lowest BCUT2D eigenvalue weighted by molar-refractivity contribution is -0.155.